The number of aromatic nitrogens is 2. The minimum atomic E-state index is 0.527. The summed E-state index contributed by atoms with van der Waals surface area (Å²) < 4.78 is 5.37. The maximum absolute atomic E-state index is 5.37. The Kier molecular flexibility index (Phi) is 5.08. The van der Waals surface area contributed by atoms with Crippen LogP contribution in [0.2, 0.25) is 0 Å². The van der Waals surface area contributed by atoms with Gasteiger partial charge in [-0.25, -0.2) is 9.97 Å². The average molecular weight is 249 g/mol. The Hall–Kier alpha value is -1.00. The first-order valence-electron chi connectivity index (χ1n) is 6.98. The molecule has 0 spiro atoms. The predicted octanol–water partition coefficient (Wildman–Crippen LogP) is 2.39. The van der Waals surface area contributed by atoms with E-state index in [0.717, 1.165) is 25.3 Å². The van der Waals surface area contributed by atoms with Crippen molar-refractivity contribution in [1.82, 2.24) is 15.3 Å². The van der Waals surface area contributed by atoms with Crippen LogP contribution >= 0.6 is 0 Å². The highest BCUT2D eigenvalue weighted by molar-refractivity contribution is 5.25. The van der Waals surface area contributed by atoms with Gasteiger partial charge in [-0.1, -0.05) is 6.92 Å². The highest BCUT2D eigenvalue weighted by atomic mass is 16.5. The van der Waals surface area contributed by atoms with E-state index in [1.807, 2.05) is 13.1 Å². The van der Waals surface area contributed by atoms with Gasteiger partial charge < -0.3 is 10.1 Å². The van der Waals surface area contributed by atoms with Gasteiger partial charge in [-0.15, -0.1) is 0 Å². The van der Waals surface area contributed by atoms with E-state index in [2.05, 4.69) is 22.2 Å². The molecular formula is C14H23N3O. The molecule has 100 valence electrons. The van der Waals surface area contributed by atoms with Crippen molar-refractivity contribution in [2.75, 3.05) is 13.2 Å². The van der Waals surface area contributed by atoms with Gasteiger partial charge in [0.1, 0.15) is 6.61 Å². The lowest BCUT2D eigenvalue weighted by Crippen LogP contribution is -2.16. The van der Waals surface area contributed by atoms with Crippen molar-refractivity contribution in [3.63, 3.8) is 0 Å². The van der Waals surface area contributed by atoms with Crippen molar-refractivity contribution in [1.29, 1.82) is 0 Å². The monoisotopic (exact) mass is 249 g/mol. The SMILES string of the molecule is CCCNCc1cnc(COCC)nc1C1CC1. The van der Waals surface area contributed by atoms with Gasteiger partial charge in [0.25, 0.3) is 0 Å². The van der Waals surface area contributed by atoms with Crippen molar-refractivity contribution in [3.8, 4) is 0 Å². The summed E-state index contributed by atoms with van der Waals surface area (Å²) in [6.45, 7) is 7.33. The molecule has 0 saturated heterocycles. The van der Waals surface area contributed by atoms with E-state index in [9.17, 15) is 0 Å². The molecule has 1 aromatic rings. The first-order chi connectivity index (χ1) is 8.85. The van der Waals surface area contributed by atoms with Crippen molar-refractivity contribution >= 4 is 0 Å². The second-order valence-corrected chi connectivity index (χ2v) is 4.78. The van der Waals surface area contributed by atoms with Crippen molar-refractivity contribution in [2.45, 2.75) is 52.2 Å². The molecule has 0 aliphatic heterocycles. The lowest BCUT2D eigenvalue weighted by molar-refractivity contribution is 0.128. The molecule has 1 aliphatic carbocycles. The molecule has 4 heteroatoms. The molecule has 0 amide bonds. The number of ether oxygens (including phenoxy) is 1. The minimum Gasteiger partial charge on any atom is -0.374 e. The van der Waals surface area contributed by atoms with E-state index < -0.39 is 0 Å². The van der Waals surface area contributed by atoms with Crippen LogP contribution in [0.15, 0.2) is 6.20 Å². The van der Waals surface area contributed by atoms with E-state index >= 15 is 0 Å². The maximum Gasteiger partial charge on any atom is 0.154 e. The normalized spacial score (nSPS) is 15.0. The van der Waals surface area contributed by atoms with Gasteiger partial charge in [0.05, 0.1) is 5.69 Å². The van der Waals surface area contributed by atoms with E-state index in [1.54, 1.807) is 0 Å². The molecule has 0 radical (unpaired) electrons. The molecule has 1 fully saturated rings. The molecule has 0 atom stereocenters. The Morgan fingerprint density at radius 3 is 2.89 bits per heavy atom. The van der Waals surface area contributed by atoms with E-state index in [4.69, 9.17) is 4.74 Å². The second kappa shape index (κ2) is 6.81. The number of rotatable bonds is 8. The van der Waals surface area contributed by atoms with Crippen LogP contribution in [0, 0.1) is 0 Å². The van der Waals surface area contributed by atoms with Gasteiger partial charge in [0.15, 0.2) is 5.82 Å². The van der Waals surface area contributed by atoms with Crippen LogP contribution in [0.5, 0.6) is 0 Å². The van der Waals surface area contributed by atoms with Gasteiger partial charge in [-0.3, -0.25) is 0 Å². The Morgan fingerprint density at radius 1 is 1.39 bits per heavy atom. The standard InChI is InChI=1S/C14H23N3O/c1-3-7-15-8-12-9-16-13(10-18-4-2)17-14(12)11-5-6-11/h9,11,15H,3-8,10H2,1-2H3. The molecule has 2 rings (SSSR count). The van der Waals surface area contributed by atoms with Crippen LogP contribution < -0.4 is 5.32 Å². The molecule has 1 aromatic heterocycles. The van der Waals surface area contributed by atoms with Crippen LogP contribution in [0.1, 0.15) is 56.1 Å². The molecule has 0 bridgehead atoms. The highest BCUT2D eigenvalue weighted by Gasteiger charge is 2.28. The third-order valence-electron chi connectivity index (χ3n) is 3.09. The topological polar surface area (TPSA) is 47.0 Å². The molecule has 0 aromatic carbocycles. The average Bonchev–Trinajstić information content (AvgIpc) is 3.22. The predicted molar refractivity (Wildman–Crippen MR) is 71.3 cm³/mol. The summed E-state index contributed by atoms with van der Waals surface area (Å²) in [5.41, 5.74) is 2.49. The molecule has 1 N–H and O–H groups in total. The Bertz CT molecular complexity index is 377. The fourth-order valence-corrected chi connectivity index (χ4v) is 1.97. The van der Waals surface area contributed by atoms with Crippen LogP contribution in [0.3, 0.4) is 0 Å². The zero-order valence-corrected chi connectivity index (χ0v) is 11.4. The first kappa shape index (κ1) is 13.4. The smallest absolute Gasteiger partial charge is 0.154 e. The lowest BCUT2D eigenvalue weighted by Gasteiger charge is -2.10. The van der Waals surface area contributed by atoms with Crippen molar-refractivity contribution in [2.24, 2.45) is 0 Å². The van der Waals surface area contributed by atoms with Gasteiger partial charge in [0.2, 0.25) is 0 Å². The molecule has 18 heavy (non-hydrogen) atoms. The van der Waals surface area contributed by atoms with Gasteiger partial charge in [-0.05, 0) is 32.7 Å². The summed E-state index contributed by atoms with van der Waals surface area (Å²) in [6, 6.07) is 0. The summed E-state index contributed by atoms with van der Waals surface area (Å²) in [5.74, 6) is 1.48. The summed E-state index contributed by atoms with van der Waals surface area (Å²) in [7, 11) is 0. The van der Waals surface area contributed by atoms with Crippen LogP contribution in [0.25, 0.3) is 0 Å². The summed E-state index contributed by atoms with van der Waals surface area (Å²) in [4.78, 5) is 9.06. The second-order valence-electron chi connectivity index (χ2n) is 4.78. The van der Waals surface area contributed by atoms with E-state index in [0.29, 0.717) is 19.1 Å². The Morgan fingerprint density at radius 2 is 2.22 bits per heavy atom. The summed E-state index contributed by atoms with van der Waals surface area (Å²) in [5, 5.41) is 3.43. The third kappa shape index (κ3) is 3.75. The number of hydrogen-bond acceptors (Lipinski definition) is 4. The van der Waals surface area contributed by atoms with Crippen LogP contribution in [-0.2, 0) is 17.9 Å². The van der Waals surface area contributed by atoms with Gasteiger partial charge >= 0.3 is 0 Å². The van der Waals surface area contributed by atoms with Gasteiger partial charge in [-0.2, -0.15) is 0 Å². The Balaban J connectivity index is 2.03. The molecule has 1 heterocycles. The first-order valence-corrected chi connectivity index (χ1v) is 6.98. The maximum atomic E-state index is 5.37. The molecule has 1 aliphatic rings. The number of nitrogens with one attached hydrogen (secondary N) is 1. The largest absolute Gasteiger partial charge is 0.374 e. The molecule has 4 nitrogen and oxygen atoms in total. The molecule has 1 saturated carbocycles. The Labute approximate surface area is 109 Å². The van der Waals surface area contributed by atoms with Gasteiger partial charge in [0, 0.05) is 30.8 Å². The zero-order valence-electron chi connectivity index (χ0n) is 11.4. The summed E-state index contributed by atoms with van der Waals surface area (Å²) >= 11 is 0. The van der Waals surface area contributed by atoms with Crippen LogP contribution in [-0.4, -0.2) is 23.1 Å². The minimum absolute atomic E-state index is 0.527. The molecular weight excluding hydrogens is 226 g/mol. The fraction of sp³-hybridized carbons (Fsp3) is 0.714. The lowest BCUT2D eigenvalue weighted by atomic mass is 10.1. The highest BCUT2D eigenvalue weighted by Crippen LogP contribution is 2.40. The van der Waals surface area contributed by atoms with Crippen LogP contribution in [0.4, 0.5) is 0 Å². The van der Waals surface area contributed by atoms with Crippen molar-refractivity contribution < 1.29 is 4.74 Å². The summed E-state index contributed by atoms with van der Waals surface area (Å²) in [6.07, 6.45) is 5.66. The van der Waals surface area contributed by atoms with E-state index in [-0.39, 0.29) is 0 Å². The van der Waals surface area contributed by atoms with E-state index in [1.165, 1.54) is 24.1 Å². The molecule has 0 unspecified atom stereocenters. The quantitative estimate of drug-likeness (QED) is 0.719. The zero-order chi connectivity index (χ0) is 12.8. The number of nitrogens with zero attached hydrogens (tertiary/aromatic N) is 2. The third-order valence-corrected chi connectivity index (χ3v) is 3.09. The van der Waals surface area contributed by atoms with Crippen molar-refractivity contribution in [3.05, 3.63) is 23.3 Å². The fourth-order valence-electron chi connectivity index (χ4n) is 1.97. The number of hydrogen-bond donors (Lipinski definition) is 1.